The second-order valence-electron chi connectivity index (χ2n) is 5.01. The molecule has 1 amide bonds. The first-order valence-electron chi connectivity index (χ1n) is 6.81. The maximum Gasteiger partial charge on any atom is 0.222 e. The second-order valence-corrected chi connectivity index (χ2v) is 5.44. The fraction of sp³-hybridized carbons (Fsp3) is 0.235. The topological polar surface area (TPSA) is 40.5 Å². The quantitative estimate of drug-likeness (QED) is 0.916. The predicted molar refractivity (Wildman–Crippen MR) is 84.4 cm³/mol. The highest BCUT2D eigenvalue weighted by Gasteiger charge is 2.11. The van der Waals surface area contributed by atoms with Crippen LogP contribution in [0.4, 0.5) is 0 Å². The molecule has 21 heavy (non-hydrogen) atoms. The van der Waals surface area contributed by atoms with Crippen LogP contribution in [-0.4, -0.2) is 23.0 Å². The van der Waals surface area contributed by atoms with Gasteiger partial charge in [0.05, 0.1) is 0 Å². The zero-order valence-electron chi connectivity index (χ0n) is 11.9. The van der Waals surface area contributed by atoms with E-state index in [1.807, 2.05) is 36.4 Å². The first-order valence-corrected chi connectivity index (χ1v) is 7.19. The van der Waals surface area contributed by atoms with E-state index >= 15 is 0 Å². The van der Waals surface area contributed by atoms with Gasteiger partial charge in [0, 0.05) is 25.0 Å². The van der Waals surface area contributed by atoms with E-state index in [1.54, 1.807) is 24.1 Å². The van der Waals surface area contributed by atoms with E-state index in [4.69, 9.17) is 11.6 Å². The molecular weight excluding hydrogens is 286 g/mol. The van der Waals surface area contributed by atoms with Crippen molar-refractivity contribution in [1.29, 1.82) is 0 Å². The van der Waals surface area contributed by atoms with E-state index in [2.05, 4.69) is 0 Å². The molecule has 0 bridgehead atoms. The average molecular weight is 304 g/mol. The van der Waals surface area contributed by atoms with Gasteiger partial charge in [0.15, 0.2) is 0 Å². The Labute approximate surface area is 129 Å². The van der Waals surface area contributed by atoms with Crippen molar-refractivity contribution in [2.45, 2.75) is 19.4 Å². The average Bonchev–Trinajstić information content (AvgIpc) is 2.46. The number of nitrogens with zero attached hydrogens (tertiary/aromatic N) is 1. The van der Waals surface area contributed by atoms with Crippen molar-refractivity contribution in [3.8, 4) is 5.75 Å². The van der Waals surface area contributed by atoms with Crippen LogP contribution in [0.15, 0.2) is 48.5 Å². The third kappa shape index (κ3) is 4.50. The van der Waals surface area contributed by atoms with Crippen LogP contribution >= 0.6 is 11.6 Å². The number of halogens is 1. The lowest BCUT2D eigenvalue weighted by Crippen LogP contribution is -2.26. The Morgan fingerprint density at radius 2 is 1.95 bits per heavy atom. The predicted octanol–water partition coefficient (Wildman–Crippen LogP) is 3.64. The highest BCUT2D eigenvalue weighted by atomic mass is 35.5. The zero-order chi connectivity index (χ0) is 15.2. The number of aromatic hydroxyl groups is 1. The van der Waals surface area contributed by atoms with Gasteiger partial charge in [-0.25, -0.2) is 0 Å². The summed E-state index contributed by atoms with van der Waals surface area (Å²) >= 11 is 5.94. The van der Waals surface area contributed by atoms with E-state index in [-0.39, 0.29) is 11.7 Å². The molecule has 0 unspecified atom stereocenters. The van der Waals surface area contributed by atoms with Crippen LogP contribution in [-0.2, 0) is 17.8 Å². The summed E-state index contributed by atoms with van der Waals surface area (Å²) in [6, 6.07) is 14.6. The number of hydrogen-bond donors (Lipinski definition) is 1. The van der Waals surface area contributed by atoms with E-state index in [0.29, 0.717) is 24.4 Å². The van der Waals surface area contributed by atoms with Crippen molar-refractivity contribution in [2.24, 2.45) is 0 Å². The molecule has 0 fully saturated rings. The molecule has 2 aromatic carbocycles. The second kappa shape index (κ2) is 7.14. The molecule has 0 radical (unpaired) electrons. The third-order valence-corrected chi connectivity index (χ3v) is 3.57. The van der Waals surface area contributed by atoms with Gasteiger partial charge < -0.3 is 10.0 Å². The summed E-state index contributed by atoms with van der Waals surface area (Å²) in [5, 5.41) is 10.4. The lowest BCUT2D eigenvalue weighted by Gasteiger charge is -2.17. The number of rotatable bonds is 5. The highest BCUT2D eigenvalue weighted by molar-refractivity contribution is 6.30. The van der Waals surface area contributed by atoms with E-state index in [0.717, 1.165) is 11.1 Å². The molecule has 4 heteroatoms. The van der Waals surface area contributed by atoms with Gasteiger partial charge >= 0.3 is 0 Å². The van der Waals surface area contributed by atoms with Crippen LogP contribution in [0, 0.1) is 0 Å². The first-order chi connectivity index (χ1) is 10.1. The lowest BCUT2D eigenvalue weighted by molar-refractivity contribution is -0.130. The molecule has 3 nitrogen and oxygen atoms in total. The number of phenols is 1. The zero-order valence-corrected chi connectivity index (χ0v) is 12.7. The van der Waals surface area contributed by atoms with Crippen LogP contribution in [0.1, 0.15) is 17.5 Å². The van der Waals surface area contributed by atoms with Gasteiger partial charge in [-0.2, -0.15) is 0 Å². The van der Waals surface area contributed by atoms with Gasteiger partial charge in [0.25, 0.3) is 0 Å². The number of hydrogen-bond acceptors (Lipinski definition) is 2. The van der Waals surface area contributed by atoms with Gasteiger partial charge in [-0.15, -0.1) is 0 Å². The first kappa shape index (κ1) is 15.4. The highest BCUT2D eigenvalue weighted by Crippen LogP contribution is 2.18. The van der Waals surface area contributed by atoms with Gasteiger partial charge in [0.2, 0.25) is 5.91 Å². The molecule has 0 aliphatic carbocycles. The van der Waals surface area contributed by atoms with Crippen molar-refractivity contribution in [2.75, 3.05) is 7.05 Å². The number of amides is 1. The Hall–Kier alpha value is -2.00. The Morgan fingerprint density at radius 1 is 1.19 bits per heavy atom. The van der Waals surface area contributed by atoms with Crippen LogP contribution < -0.4 is 0 Å². The summed E-state index contributed by atoms with van der Waals surface area (Å²) in [6.45, 7) is 0.528. The molecule has 0 saturated carbocycles. The summed E-state index contributed by atoms with van der Waals surface area (Å²) in [7, 11) is 1.77. The van der Waals surface area contributed by atoms with Crippen LogP contribution in [0.25, 0.3) is 0 Å². The van der Waals surface area contributed by atoms with Crippen molar-refractivity contribution in [1.82, 2.24) is 4.90 Å². The van der Waals surface area contributed by atoms with Crippen molar-refractivity contribution in [3.63, 3.8) is 0 Å². The number of phenolic OH excluding ortho intramolecular Hbond substituents is 1. The minimum absolute atomic E-state index is 0.0400. The monoisotopic (exact) mass is 303 g/mol. The SMILES string of the molecule is CN(Cc1cccc(Cl)c1)C(=O)CCc1ccccc1O. The third-order valence-electron chi connectivity index (χ3n) is 3.33. The Morgan fingerprint density at radius 3 is 2.67 bits per heavy atom. The molecule has 1 N–H and O–H groups in total. The molecule has 110 valence electrons. The minimum atomic E-state index is 0.0400. The number of benzene rings is 2. The molecule has 2 rings (SSSR count). The fourth-order valence-electron chi connectivity index (χ4n) is 2.15. The van der Waals surface area contributed by atoms with Gasteiger partial charge in [0.1, 0.15) is 5.75 Å². The van der Waals surface area contributed by atoms with Crippen molar-refractivity contribution in [3.05, 3.63) is 64.7 Å². The fourth-order valence-corrected chi connectivity index (χ4v) is 2.36. The Balaban J connectivity index is 1.90. The number of carbonyl (C=O) groups is 1. The molecule has 0 spiro atoms. The summed E-state index contributed by atoms with van der Waals surface area (Å²) in [5.41, 5.74) is 1.79. The number of para-hydroxylation sites is 1. The van der Waals surface area contributed by atoms with Crippen LogP contribution in [0.2, 0.25) is 5.02 Å². The Kier molecular flexibility index (Phi) is 5.23. The van der Waals surface area contributed by atoms with E-state index in [1.165, 1.54) is 0 Å². The molecule has 0 atom stereocenters. The van der Waals surface area contributed by atoms with Crippen molar-refractivity contribution >= 4 is 17.5 Å². The summed E-state index contributed by atoms with van der Waals surface area (Å²) < 4.78 is 0. The van der Waals surface area contributed by atoms with Gasteiger partial charge in [-0.3, -0.25) is 4.79 Å². The molecule has 0 aliphatic rings. The molecule has 2 aromatic rings. The number of carbonyl (C=O) groups excluding carboxylic acids is 1. The van der Waals surface area contributed by atoms with E-state index in [9.17, 15) is 9.90 Å². The summed E-state index contributed by atoms with van der Waals surface area (Å²) in [6.07, 6.45) is 0.903. The van der Waals surface area contributed by atoms with Crippen molar-refractivity contribution < 1.29 is 9.90 Å². The smallest absolute Gasteiger partial charge is 0.222 e. The molecular formula is C17H18ClNO2. The molecule has 0 aromatic heterocycles. The standard InChI is InChI=1S/C17H18ClNO2/c1-19(12-13-5-4-7-15(18)11-13)17(21)10-9-14-6-2-3-8-16(14)20/h2-8,11,20H,9-10,12H2,1H3. The van der Waals surface area contributed by atoms with Gasteiger partial charge in [-0.05, 0) is 35.7 Å². The van der Waals surface area contributed by atoms with Crippen LogP contribution in [0.3, 0.4) is 0 Å². The maximum absolute atomic E-state index is 12.1. The van der Waals surface area contributed by atoms with E-state index < -0.39 is 0 Å². The number of aryl methyl sites for hydroxylation is 1. The molecule has 0 saturated heterocycles. The largest absolute Gasteiger partial charge is 0.508 e. The normalized spacial score (nSPS) is 10.4. The van der Waals surface area contributed by atoms with Gasteiger partial charge in [-0.1, -0.05) is 41.9 Å². The maximum atomic E-state index is 12.1. The molecule has 0 heterocycles. The summed E-state index contributed by atoms with van der Waals surface area (Å²) in [5.74, 6) is 0.279. The van der Waals surface area contributed by atoms with Crippen LogP contribution in [0.5, 0.6) is 5.75 Å². The lowest BCUT2D eigenvalue weighted by atomic mass is 10.1. The minimum Gasteiger partial charge on any atom is -0.508 e. The Bertz CT molecular complexity index is 628. The summed E-state index contributed by atoms with van der Waals surface area (Å²) in [4.78, 5) is 13.8. The molecule has 0 aliphatic heterocycles.